The van der Waals surface area contributed by atoms with Crippen molar-refractivity contribution in [1.82, 2.24) is 25.4 Å². The molecule has 31 heavy (non-hydrogen) atoms. The second-order valence-electron chi connectivity index (χ2n) is 8.22. The molecule has 1 unspecified atom stereocenters. The van der Waals surface area contributed by atoms with Gasteiger partial charge >= 0.3 is 6.18 Å². The number of alkyl halides is 3. The molecule has 2 heterocycles. The SMILES string of the molecule is CN=C(NCC1(c2cccc(C(F)(F)F)c2)CC1)NC1CCc2nc(COC)nn2C1. The van der Waals surface area contributed by atoms with Crippen LogP contribution in [-0.4, -0.2) is 47.5 Å². The lowest BCUT2D eigenvalue weighted by atomic mass is 9.94. The number of rotatable bonds is 6. The highest BCUT2D eigenvalue weighted by Gasteiger charge is 2.45. The average molecular weight is 436 g/mol. The number of benzene rings is 1. The molecule has 0 bridgehead atoms. The largest absolute Gasteiger partial charge is 0.416 e. The lowest BCUT2D eigenvalue weighted by molar-refractivity contribution is -0.137. The number of aromatic nitrogens is 3. The number of aryl methyl sites for hydroxylation is 1. The molecule has 0 saturated heterocycles. The molecular weight excluding hydrogens is 409 g/mol. The third-order valence-electron chi connectivity index (χ3n) is 5.99. The number of hydrogen-bond acceptors (Lipinski definition) is 4. The normalized spacial score (nSPS) is 20.3. The Balaban J connectivity index is 1.36. The Morgan fingerprint density at radius 2 is 2.16 bits per heavy atom. The molecule has 10 heteroatoms. The van der Waals surface area contributed by atoms with Gasteiger partial charge in [0.25, 0.3) is 0 Å². The Morgan fingerprint density at radius 1 is 1.35 bits per heavy atom. The van der Waals surface area contributed by atoms with Crippen LogP contribution in [0.4, 0.5) is 13.2 Å². The molecule has 2 N–H and O–H groups in total. The number of fused-ring (bicyclic) bond motifs is 1. The zero-order chi connectivity index (χ0) is 22.1. The smallest absolute Gasteiger partial charge is 0.377 e. The number of nitrogens with zero attached hydrogens (tertiary/aromatic N) is 4. The summed E-state index contributed by atoms with van der Waals surface area (Å²) >= 11 is 0. The number of methoxy groups -OCH3 is 1. The second-order valence-corrected chi connectivity index (χ2v) is 8.22. The third-order valence-corrected chi connectivity index (χ3v) is 5.99. The summed E-state index contributed by atoms with van der Waals surface area (Å²) < 4.78 is 46.3. The van der Waals surface area contributed by atoms with Crippen molar-refractivity contribution < 1.29 is 17.9 Å². The van der Waals surface area contributed by atoms with Crippen LogP contribution >= 0.6 is 0 Å². The van der Waals surface area contributed by atoms with Crippen LogP contribution in [0.5, 0.6) is 0 Å². The highest BCUT2D eigenvalue weighted by atomic mass is 19.4. The third kappa shape index (κ3) is 4.84. The van der Waals surface area contributed by atoms with Crippen molar-refractivity contribution in [3.63, 3.8) is 0 Å². The van der Waals surface area contributed by atoms with Crippen molar-refractivity contribution in [1.29, 1.82) is 0 Å². The minimum Gasteiger partial charge on any atom is -0.377 e. The summed E-state index contributed by atoms with van der Waals surface area (Å²) in [5, 5.41) is 11.2. The summed E-state index contributed by atoms with van der Waals surface area (Å²) in [5.41, 5.74) is -0.155. The van der Waals surface area contributed by atoms with Crippen LogP contribution in [0.3, 0.4) is 0 Å². The molecule has 1 fully saturated rings. The standard InChI is InChI=1S/C21H27F3N6O/c1-25-19(27-16-6-7-18-28-17(12-31-2)29-30(18)11-16)26-13-20(8-9-20)14-4-3-5-15(10-14)21(22,23)24/h3-5,10,16H,6-9,11-13H2,1-2H3,(H2,25,26,27). The fourth-order valence-electron chi connectivity index (χ4n) is 4.05. The van der Waals surface area contributed by atoms with Crippen LogP contribution in [-0.2, 0) is 35.9 Å². The van der Waals surface area contributed by atoms with Crippen molar-refractivity contribution in [2.45, 2.75) is 56.5 Å². The van der Waals surface area contributed by atoms with E-state index >= 15 is 0 Å². The number of nitrogens with one attached hydrogen (secondary N) is 2. The molecular formula is C21H27F3N6O. The summed E-state index contributed by atoms with van der Waals surface area (Å²) in [7, 11) is 3.31. The van der Waals surface area contributed by atoms with Gasteiger partial charge in [-0.3, -0.25) is 4.99 Å². The van der Waals surface area contributed by atoms with E-state index in [1.165, 1.54) is 12.1 Å². The molecule has 1 aromatic heterocycles. The van der Waals surface area contributed by atoms with Crippen molar-refractivity contribution in [3.05, 3.63) is 47.0 Å². The Morgan fingerprint density at radius 3 is 2.84 bits per heavy atom. The maximum absolute atomic E-state index is 13.1. The van der Waals surface area contributed by atoms with Crippen LogP contribution in [0.25, 0.3) is 0 Å². The molecule has 0 radical (unpaired) electrons. The lowest BCUT2D eigenvalue weighted by Crippen LogP contribution is -2.48. The quantitative estimate of drug-likeness (QED) is 0.538. The van der Waals surface area contributed by atoms with E-state index in [2.05, 4.69) is 25.7 Å². The van der Waals surface area contributed by atoms with Gasteiger partial charge in [-0.2, -0.15) is 18.3 Å². The van der Waals surface area contributed by atoms with Gasteiger partial charge in [0.1, 0.15) is 12.4 Å². The summed E-state index contributed by atoms with van der Waals surface area (Å²) in [6, 6.07) is 5.80. The first-order valence-corrected chi connectivity index (χ1v) is 10.4. The first-order valence-electron chi connectivity index (χ1n) is 10.4. The van der Waals surface area contributed by atoms with E-state index < -0.39 is 11.7 Å². The summed E-state index contributed by atoms with van der Waals surface area (Å²) in [6.45, 7) is 1.59. The van der Waals surface area contributed by atoms with Crippen molar-refractivity contribution in [2.24, 2.45) is 4.99 Å². The van der Waals surface area contributed by atoms with Gasteiger partial charge in [0.2, 0.25) is 0 Å². The molecule has 1 aliphatic heterocycles. The van der Waals surface area contributed by atoms with E-state index in [-0.39, 0.29) is 11.5 Å². The topological polar surface area (TPSA) is 76.4 Å². The van der Waals surface area contributed by atoms with Gasteiger partial charge in [-0.1, -0.05) is 18.2 Å². The number of ether oxygens (including phenoxy) is 1. The number of guanidine groups is 1. The zero-order valence-corrected chi connectivity index (χ0v) is 17.7. The van der Waals surface area contributed by atoms with E-state index in [9.17, 15) is 13.2 Å². The number of halogens is 3. The van der Waals surface area contributed by atoms with Crippen LogP contribution in [0.1, 0.15) is 42.0 Å². The second kappa shape index (κ2) is 8.49. The fraction of sp³-hybridized carbons (Fsp3) is 0.571. The first-order chi connectivity index (χ1) is 14.8. The Labute approximate surface area is 179 Å². The molecule has 1 aromatic carbocycles. The molecule has 1 saturated carbocycles. The fourth-order valence-corrected chi connectivity index (χ4v) is 4.05. The number of aliphatic imine (C=N–C) groups is 1. The summed E-state index contributed by atoms with van der Waals surface area (Å²) in [6.07, 6.45) is -0.926. The van der Waals surface area contributed by atoms with Crippen molar-refractivity contribution >= 4 is 5.96 Å². The van der Waals surface area contributed by atoms with Gasteiger partial charge in [0.15, 0.2) is 11.8 Å². The Kier molecular flexibility index (Phi) is 5.92. The summed E-state index contributed by atoms with van der Waals surface area (Å²) in [4.78, 5) is 8.79. The van der Waals surface area contributed by atoms with Gasteiger partial charge in [0, 0.05) is 38.6 Å². The maximum Gasteiger partial charge on any atom is 0.416 e. The highest BCUT2D eigenvalue weighted by molar-refractivity contribution is 5.80. The highest BCUT2D eigenvalue weighted by Crippen LogP contribution is 2.48. The van der Waals surface area contributed by atoms with Gasteiger partial charge in [-0.15, -0.1) is 0 Å². The lowest BCUT2D eigenvalue weighted by Gasteiger charge is -2.26. The van der Waals surface area contributed by atoms with Crippen LogP contribution in [0.15, 0.2) is 29.3 Å². The van der Waals surface area contributed by atoms with E-state index in [1.54, 1.807) is 20.2 Å². The monoisotopic (exact) mass is 436 g/mol. The Hall–Kier alpha value is -2.62. The predicted octanol–water partition coefficient (Wildman–Crippen LogP) is 2.65. The molecule has 4 rings (SSSR count). The van der Waals surface area contributed by atoms with Crippen molar-refractivity contribution in [3.8, 4) is 0 Å². The van der Waals surface area contributed by atoms with Gasteiger partial charge in [-0.25, -0.2) is 9.67 Å². The Bertz CT molecular complexity index is 951. The van der Waals surface area contributed by atoms with E-state index in [0.717, 1.165) is 43.1 Å². The predicted molar refractivity (Wildman–Crippen MR) is 110 cm³/mol. The summed E-state index contributed by atoms with van der Waals surface area (Å²) in [5.74, 6) is 2.27. The van der Waals surface area contributed by atoms with Crippen LogP contribution < -0.4 is 10.6 Å². The maximum atomic E-state index is 13.1. The van der Waals surface area contributed by atoms with E-state index in [1.807, 2.05) is 4.68 Å². The molecule has 2 aliphatic rings. The van der Waals surface area contributed by atoms with Crippen molar-refractivity contribution in [2.75, 3.05) is 20.7 Å². The molecule has 168 valence electrons. The minimum absolute atomic E-state index is 0.138. The first kappa shape index (κ1) is 21.6. The van der Waals surface area contributed by atoms with Gasteiger partial charge < -0.3 is 15.4 Å². The average Bonchev–Trinajstić information content (AvgIpc) is 3.43. The molecule has 7 nitrogen and oxygen atoms in total. The molecule has 2 aromatic rings. The van der Waals surface area contributed by atoms with Crippen LogP contribution in [0.2, 0.25) is 0 Å². The zero-order valence-electron chi connectivity index (χ0n) is 17.7. The number of hydrogen-bond donors (Lipinski definition) is 2. The minimum atomic E-state index is -4.33. The molecule has 1 aliphatic carbocycles. The molecule has 1 atom stereocenters. The van der Waals surface area contributed by atoms with Gasteiger partial charge in [-0.05, 0) is 30.9 Å². The molecule has 0 spiro atoms. The van der Waals surface area contributed by atoms with E-state index in [0.29, 0.717) is 31.5 Å². The van der Waals surface area contributed by atoms with Crippen LogP contribution in [0, 0.1) is 0 Å². The van der Waals surface area contributed by atoms with Gasteiger partial charge in [0.05, 0.1) is 12.1 Å². The van der Waals surface area contributed by atoms with E-state index in [4.69, 9.17) is 4.74 Å². The molecule has 0 amide bonds.